The Balaban J connectivity index is 1.70. The fourth-order valence-corrected chi connectivity index (χ4v) is 3.33. The van der Waals surface area contributed by atoms with E-state index < -0.39 is 0 Å². The Morgan fingerprint density at radius 3 is 2.67 bits per heavy atom. The molecule has 124 valence electrons. The van der Waals surface area contributed by atoms with Crippen LogP contribution in [-0.2, 0) is 22.4 Å². The second kappa shape index (κ2) is 6.83. The van der Waals surface area contributed by atoms with Gasteiger partial charge in [0.15, 0.2) is 0 Å². The van der Waals surface area contributed by atoms with Gasteiger partial charge in [-0.3, -0.25) is 9.59 Å². The molecule has 24 heavy (non-hydrogen) atoms. The van der Waals surface area contributed by atoms with E-state index in [0.29, 0.717) is 22.3 Å². The molecule has 0 atom stereocenters. The summed E-state index contributed by atoms with van der Waals surface area (Å²) in [5.74, 6) is -0.122. The van der Waals surface area contributed by atoms with Gasteiger partial charge in [0.25, 0.3) is 0 Å². The molecule has 4 nitrogen and oxygen atoms in total. The Hall–Kier alpha value is -2.04. The molecule has 0 unspecified atom stereocenters. The van der Waals surface area contributed by atoms with E-state index in [1.807, 2.05) is 18.2 Å². The molecular weight excluding hydrogens is 347 g/mol. The summed E-state index contributed by atoms with van der Waals surface area (Å²) in [6.07, 6.45) is 0.967. The van der Waals surface area contributed by atoms with Crippen LogP contribution < -0.4 is 10.2 Å². The molecule has 3 rings (SSSR count). The molecule has 0 fully saturated rings. The van der Waals surface area contributed by atoms with E-state index >= 15 is 0 Å². The van der Waals surface area contributed by atoms with Crippen molar-refractivity contribution in [1.29, 1.82) is 0 Å². The van der Waals surface area contributed by atoms with Crippen molar-refractivity contribution < 1.29 is 9.59 Å². The SMILES string of the molecule is CC(=O)N1CCc2cc(NC(=O)Cc3ccc(Cl)cc3Cl)ccc21. The third-order valence-electron chi connectivity index (χ3n) is 4.01. The molecule has 1 heterocycles. The lowest BCUT2D eigenvalue weighted by atomic mass is 10.1. The Labute approximate surface area is 150 Å². The van der Waals surface area contributed by atoms with Gasteiger partial charge < -0.3 is 10.2 Å². The van der Waals surface area contributed by atoms with Crippen molar-refractivity contribution >= 4 is 46.4 Å². The van der Waals surface area contributed by atoms with Gasteiger partial charge >= 0.3 is 0 Å². The first-order valence-corrected chi connectivity index (χ1v) is 8.34. The Bertz CT molecular complexity index is 821. The van der Waals surface area contributed by atoms with Gasteiger partial charge in [0.2, 0.25) is 11.8 Å². The zero-order valence-corrected chi connectivity index (χ0v) is 14.6. The zero-order valence-electron chi connectivity index (χ0n) is 13.1. The standard InChI is InChI=1S/C18H16Cl2N2O2/c1-11(23)22-7-6-13-8-15(4-5-17(13)22)21-18(24)9-12-2-3-14(19)10-16(12)20/h2-5,8,10H,6-7,9H2,1H3,(H,21,24). The summed E-state index contributed by atoms with van der Waals surface area (Å²) in [6, 6.07) is 10.7. The maximum absolute atomic E-state index is 12.2. The second-order valence-corrected chi connectivity index (χ2v) is 6.57. The number of hydrogen-bond donors (Lipinski definition) is 1. The zero-order chi connectivity index (χ0) is 17.3. The largest absolute Gasteiger partial charge is 0.326 e. The van der Waals surface area contributed by atoms with Crippen LogP contribution in [0, 0.1) is 0 Å². The predicted molar refractivity (Wildman–Crippen MR) is 97.0 cm³/mol. The van der Waals surface area contributed by atoms with Crippen LogP contribution in [-0.4, -0.2) is 18.4 Å². The van der Waals surface area contributed by atoms with E-state index in [-0.39, 0.29) is 18.2 Å². The first-order chi connectivity index (χ1) is 11.4. The molecule has 6 heteroatoms. The van der Waals surface area contributed by atoms with Crippen molar-refractivity contribution in [1.82, 2.24) is 0 Å². The van der Waals surface area contributed by atoms with E-state index in [4.69, 9.17) is 23.2 Å². The number of rotatable bonds is 3. The molecule has 0 spiro atoms. The third kappa shape index (κ3) is 3.55. The first-order valence-electron chi connectivity index (χ1n) is 7.59. The van der Waals surface area contributed by atoms with Gasteiger partial charge in [0.05, 0.1) is 6.42 Å². The van der Waals surface area contributed by atoms with E-state index in [2.05, 4.69) is 5.32 Å². The number of nitrogens with one attached hydrogen (secondary N) is 1. The molecule has 2 amide bonds. The molecule has 0 radical (unpaired) electrons. The smallest absolute Gasteiger partial charge is 0.228 e. The minimum absolute atomic E-state index is 0.0305. The fourth-order valence-electron chi connectivity index (χ4n) is 2.85. The van der Waals surface area contributed by atoms with Crippen LogP contribution in [0.1, 0.15) is 18.1 Å². The summed E-state index contributed by atoms with van der Waals surface area (Å²) in [5, 5.41) is 3.89. The van der Waals surface area contributed by atoms with Gasteiger partial charge in [-0.2, -0.15) is 0 Å². The number of amides is 2. The minimum Gasteiger partial charge on any atom is -0.326 e. The number of carbonyl (C=O) groups is 2. The van der Waals surface area contributed by atoms with Crippen molar-refractivity contribution in [2.45, 2.75) is 19.8 Å². The Morgan fingerprint density at radius 1 is 1.17 bits per heavy atom. The van der Waals surface area contributed by atoms with Crippen molar-refractivity contribution in [3.63, 3.8) is 0 Å². The molecule has 0 saturated carbocycles. The maximum Gasteiger partial charge on any atom is 0.228 e. The summed E-state index contributed by atoms with van der Waals surface area (Å²) in [7, 11) is 0. The number of nitrogens with zero attached hydrogens (tertiary/aromatic N) is 1. The molecular formula is C18H16Cl2N2O2. The molecule has 0 saturated heterocycles. The fraction of sp³-hybridized carbons (Fsp3) is 0.222. The number of anilines is 2. The van der Waals surface area contributed by atoms with Crippen LogP contribution in [0.2, 0.25) is 10.0 Å². The lowest BCUT2D eigenvalue weighted by Gasteiger charge is -2.15. The molecule has 1 N–H and O–H groups in total. The number of halogens is 2. The van der Waals surface area contributed by atoms with Crippen LogP contribution in [0.4, 0.5) is 11.4 Å². The molecule has 1 aliphatic rings. The average molecular weight is 363 g/mol. The van der Waals surface area contributed by atoms with E-state index in [0.717, 1.165) is 23.2 Å². The minimum atomic E-state index is -0.152. The van der Waals surface area contributed by atoms with E-state index in [9.17, 15) is 9.59 Å². The van der Waals surface area contributed by atoms with Crippen LogP contribution >= 0.6 is 23.2 Å². The first kappa shape index (κ1) is 16.8. The van der Waals surface area contributed by atoms with E-state index in [1.54, 1.807) is 30.0 Å². The number of hydrogen-bond acceptors (Lipinski definition) is 2. The van der Waals surface area contributed by atoms with Crippen LogP contribution in [0.15, 0.2) is 36.4 Å². The van der Waals surface area contributed by atoms with Crippen molar-refractivity contribution in [2.75, 3.05) is 16.8 Å². The summed E-state index contributed by atoms with van der Waals surface area (Å²) in [6.45, 7) is 2.24. The lowest BCUT2D eigenvalue weighted by molar-refractivity contribution is -0.117. The molecule has 0 aliphatic carbocycles. The summed E-state index contributed by atoms with van der Waals surface area (Å²) in [5.41, 5.74) is 3.42. The Kier molecular flexibility index (Phi) is 4.78. The summed E-state index contributed by atoms with van der Waals surface area (Å²) in [4.78, 5) is 25.5. The van der Waals surface area contributed by atoms with Gasteiger partial charge in [0.1, 0.15) is 0 Å². The highest BCUT2D eigenvalue weighted by atomic mass is 35.5. The van der Waals surface area contributed by atoms with E-state index in [1.165, 1.54) is 0 Å². The van der Waals surface area contributed by atoms with Crippen LogP contribution in [0.5, 0.6) is 0 Å². The number of fused-ring (bicyclic) bond motifs is 1. The maximum atomic E-state index is 12.2. The highest BCUT2D eigenvalue weighted by molar-refractivity contribution is 6.35. The van der Waals surface area contributed by atoms with Gasteiger partial charge in [-0.25, -0.2) is 0 Å². The van der Waals surface area contributed by atoms with Crippen molar-refractivity contribution in [2.24, 2.45) is 0 Å². The molecule has 0 aromatic heterocycles. The monoisotopic (exact) mass is 362 g/mol. The second-order valence-electron chi connectivity index (χ2n) is 5.72. The highest BCUT2D eigenvalue weighted by Gasteiger charge is 2.22. The quantitative estimate of drug-likeness (QED) is 0.893. The molecule has 0 bridgehead atoms. The third-order valence-corrected chi connectivity index (χ3v) is 4.59. The highest BCUT2D eigenvalue weighted by Crippen LogP contribution is 2.30. The summed E-state index contributed by atoms with van der Waals surface area (Å²) < 4.78 is 0. The predicted octanol–water partition coefficient (Wildman–Crippen LogP) is 4.08. The van der Waals surface area contributed by atoms with Gasteiger partial charge in [-0.05, 0) is 47.9 Å². The van der Waals surface area contributed by atoms with Crippen LogP contribution in [0.3, 0.4) is 0 Å². The average Bonchev–Trinajstić information content (AvgIpc) is 2.93. The number of carbonyl (C=O) groups excluding carboxylic acids is 2. The van der Waals surface area contributed by atoms with Gasteiger partial charge in [-0.1, -0.05) is 29.3 Å². The molecule has 1 aliphatic heterocycles. The van der Waals surface area contributed by atoms with Crippen molar-refractivity contribution in [3.8, 4) is 0 Å². The van der Waals surface area contributed by atoms with Gasteiger partial charge in [-0.15, -0.1) is 0 Å². The normalized spacial score (nSPS) is 12.9. The number of benzene rings is 2. The lowest BCUT2D eigenvalue weighted by Crippen LogP contribution is -2.25. The Morgan fingerprint density at radius 2 is 1.96 bits per heavy atom. The topological polar surface area (TPSA) is 49.4 Å². The van der Waals surface area contributed by atoms with Gasteiger partial charge in [0, 0.05) is 34.9 Å². The van der Waals surface area contributed by atoms with Crippen LogP contribution in [0.25, 0.3) is 0 Å². The molecule has 2 aromatic carbocycles. The summed E-state index contributed by atoms with van der Waals surface area (Å²) >= 11 is 12.0. The van der Waals surface area contributed by atoms with Crippen molar-refractivity contribution in [3.05, 3.63) is 57.6 Å². The molecule has 2 aromatic rings.